The maximum atomic E-state index is 11.4. The van der Waals surface area contributed by atoms with Gasteiger partial charge in [-0.2, -0.15) is 0 Å². The van der Waals surface area contributed by atoms with Crippen molar-refractivity contribution in [3.8, 4) is 0 Å². The zero-order valence-electron chi connectivity index (χ0n) is 10.0. The van der Waals surface area contributed by atoms with Gasteiger partial charge >= 0.3 is 15.4 Å². The van der Waals surface area contributed by atoms with Gasteiger partial charge in [-0.15, -0.1) is 0 Å². The van der Waals surface area contributed by atoms with E-state index in [9.17, 15) is 24.2 Å². The van der Waals surface area contributed by atoms with E-state index < -0.39 is 46.3 Å². The van der Waals surface area contributed by atoms with Crippen LogP contribution in [0.4, 0.5) is 0 Å². The normalized spacial score (nSPS) is 37.7. The number of hydrogen-bond donors (Lipinski definition) is 4. The maximum Gasteiger partial charge on any atom is 0.479 e. The van der Waals surface area contributed by atoms with E-state index in [1.54, 1.807) is 0 Å². The number of aliphatic hydroxyl groups excluding tert-OH is 2. The standard InChI is InChI=1S/C7H15BO9P2/c1-2-18(11,12)17-19(13,14)15-3-4-5(9)6(10)7(8)16-4/h4-7,9-10H,2-3H2,1H3,(H,11,12)(H,13,14)/t4-,5?,6?,7-/m1/s1. The average molecular weight is 316 g/mol. The van der Waals surface area contributed by atoms with Crippen molar-refractivity contribution in [2.75, 3.05) is 12.8 Å². The van der Waals surface area contributed by atoms with Gasteiger partial charge in [-0.25, -0.2) is 8.88 Å². The average Bonchev–Trinajstić information content (AvgIpc) is 2.53. The van der Waals surface area contributed by atoms with Gasteiger partial charge in [0, 0.05) is 12.2 Å². The van der Waals surface area contributed by atoms with Crippen LogP contribution in [0, 0.1) is 0 Å². The van der Waals surface area contributed by atoms with E-state index in [2.05, 4.69) is 8.83 Å². The van der Waals surface area contributed by atoms with E-state index in [0.29, 0.717) is 0 Å². The molecule has 12 heteroatoms. The molecule has 2 radical (unpaired) electrons. The molecule has 1 rings (SSSR count). The van der Waals surface area contributed by atoms with Gasteiger partial charge in [0.05, 0.1) is 12.7 Å². The highest BCUT2D eigenvalue weighted by atomic mass is 31.3. The van der Waals surface area contributed by atoms with Crippen molar-refractivity contribution in [3.63, 3.8) is 0 Å². The highest BCUT2D eigenvalue weighted by Gasteiger charge is 2.42. The van der Waals surface area contributed by atoms with E-state index in [-0.39, 0.29) is 6.16 Å². The fraction of sp³-hybridized carbons (Fsp3) is 1.00. The molecule has 1 aliphatic rings. The van der Waals surface area contributed by atoms with Crippen molar-refractivity contribution in [1.29, 1.82) is 0 Å². The minimum absolute atomic E-state index is 0.368. The zero-order valence-corrected chi connectivity index (χ0v) is 11.8. The maximum absolute atomic E-state index is 11.4. The van der Waals surface area contributed by atoms with Crippen LogP contribution in [0.3, 0.4) is 0 Å². The first-order chi connectivity index (χ1) is 8.58. The number of aliphatic hydroxyl groups is 2. The molecule has 0 saturated carbocycles. The van der Waals surface area contributed by atoms with E-state index in [1.165, 1.54) is 6.92 Å². The van der Waals surface area contributed by atoms with Gasteiger partial charge in [-0.3, -0.25) is 9.09 Å². The second-order valence-corrected chi connectivity index (χ2v) is 7.68. The summed E-state index contributed by atoms with van der Waals surface area (Å²) in [4.78, 5) is 18.3. The fourth-order valence-corrected chi connectivity index (χ4v) is 3.60. The van der Waals surface area contributed by atoms with Crippen molar-refractivity contribution in [2.45, 2.75) is 31.2 Å². The Morgan fingerprint density at radius 2 is 1.84 bits per heavy atom. The molecule has 4 unspecified atom stereocenters. The monoisotopic (exact) mass is 316 g/mol. The van der Waals surface area contributed by atoms with Crippen LogP contribution in [0.2, 0.25) is 0 Å². The lowest BCUT2D eigenvalue weighted by molar-refractivity contribution is -0.00833. The molecular formula is C7H15BO9P2. The Bertz CT molecular complexity index is 404. The molecule has 1 saturated heterocycles. The SMILES string of the molecule is [B][C@@H]1O[C@H](COP(=O)(O)OP(=O)(O)CC)C(O)C1O. The molecule has 9 nitrogen and oxygen atoms in total. The molecule has 0 spiro atoms. The first-order valence-corrected chi connectivity index (χ1v) is 8.61. The number of ether oxygens (including phenoxy) is 1. The Kier molecular flexibility index (Phi) is 5.78. The van der Waals surface area contributed by atoms with Crippen molar-refractivity contribution in [1.82, 2.24) is 0 Å². The van der Waals surface area contributed by atoms with Crippen molar-refractivity contribution in [2.24, 2.45) is 0 Å². The highest BCUT2D eigenvalue weighted by molar-refractivity contribution is 7.63. The predicted molar refractivity (Wildman–Crippen MR) is 63.7 cm³/mol. The van der Waals surface area contributed by atoms with Crippen molar-refractivity contribution < 1.29 is 42.7 Å². The Hall–Kier alpha value is 0.245. The molecule has 4 N–H and O–H groups in total. The predicted octanol–water partition coefficient (Wildman–Crippen LogP) is -1.06. The minimum Gasteiger partial charge on any atom is -0.388 e. The van der Waals surface area contributed by atoms with Crippen molar-refractivity contribution in [3.05, 3.63) is 0 Å². The molecule has 0 amide bonds. The van der Waals surface area contributed by atoms with Crippen LogP contribution < -0.4 is 0 Å². The summed E-state index contributed by atoms with van der Waals surface area (Å²) in [6, 6.07) is -1.15. The second kappa shape index (κ2) is 6.34. The highest BCUT2D eigenvalue weighted by Crippen LogP contribution is 2.59. The lowest BCUT2D eigenvalue weighted by Crippen LogP contribution is -2.34. The summed E-state index contributed by atoms with van der Waals surface area (Å²) in [5.74, 6) is 0. The molecular weight excluding hydrogens is 301 g/mol. The first kappa shape index (κ1) is 17.3. The van der Waals surface area contributed by atoms with Gasteiger partial charge in [0.25, 0.3) is 0 Å². The Morgan fingerprint density at radius 1 is 1.26 bits per heavy atom. The summed E-state index contributed by atoms with van der Waals surface area (Å²) in [5, 5.41) is 18.7. The molecule has 0 aromatic heterocycles. The Balaban J connectivity index is 2.53. The lowest BCUT2D eigenvalue weighted by atomic mass is 9.93. The molecule has 110 valence electrons. The summed E-state index contributed by atoms with van der Waals surface area (Å²) in [6.07, 6.45) is -4.27. The third-order valence-corrected chi connectivity index (χ3v) is 5.55. The Morgan fingerprint density at radius 3 is 2.26 bits per heavy atom. The number of phosphoric ester groups is 1. The first-order valence-electron chi connectivity index (χ1n) is 5.35. The quantitative estimate of drug-likeness (QED) is 0.356. The number of phosphoric acid groups is 1. The van der Waals surface area contributed by atoms with Gasteiger partial charge in [0.15, 0.2) is 0 Å². The summed E-state index contributed by atoms with van der Waals surface area (Å²) in [7, 11) is -3.70. The van der Waals surface area contributed by atoms with Crippen LogP contribution in [0.15, 0.2) is 0 Å². The smallest absolute Gasteiger partial charge is 0.388 e. The molecule has 19 heavy (non-hydrogen) atoms. The molecule has 1 fully saturated rings. The zero-order chi connectivity index (χ0) is 14.8. The number of hydrogen-bond acceptors (Lipinski definition) is 7. The molecule has 0 aromatic carbocycles. The van der Waals surface area contributed by atoms with Crippen LogP contribution in [0.25, 0.3) is 0 Å². The van der Waals surface area contributed by atoms with E-state index >= 15 is 0 Å². The van der Waals surface area contributed by atoms with Gasteiger partial charge in [-0.05, 0) is 0 Å². The molecule has 1 heterocycles. The van der Waals surface area contributed by atoms with Gasteiger partial charge < -0.3 is 24.7 Å². The molecule has 0 aliphatic carbocycles. The van der Waals surface area contributed by atoms with Crippen LogP contribution in [0.1, 0.15) is 6.92 Å². The van der Waals surface area contributed by atoms with E-state index in [4.69, 9.17) is 17.5 Å². The summed E-state index contributed by atoms with van der Waals surface area (Å²) >= 11 is 0. The van der Waals surface area contributed by atoms with Crippen LogP contribution in [-0.2, 0) is 22.7 Å². The van der Waals surface area contributed by atoms with Crippen LogP contribution >= 0.6 is 15.4 Å². The molecule has 1 aliphatic heterocycles. The minimum atomic E-state index is -4.78. The van der Waals surface area contributed by atoms with E-state index in [0.717, 1.165) is 0 Å². The molecule has 0 bridgehead atoms. The molecule has 6 atom stereocenters. The topological polar surface area (TPSA) is 143 Å². The third kappa shape index (κ3) is 4.93. The van der Waals surface area contributed by atoms with Gasteiger partial charge in [-0.1, -0.05) is 6.92 Å². The fourth-order valence-electron chi connectivity index (χ4n) is 1.33. The summed E-state index contributed by atoms with van der Waals surface area (Å²) in [5.41, 5.74) is 0. The third-order valence-electron chi connectivity index (χ3n) is 2.43. The Labute approximate surface area is 111 Å². The van der Waals surface area contributed by atoms with Gasteiger partial charge in [0.2, 0.25) is 0 Å². The largest absolute Gasteiger partial charge is 0.479 e. The van der Waals surface area contributed by atoms with E-state index in [1.807, 2.05) is 0 Å². The van der Waals surface area contributed by atoms with Crippen LogP contribution in [-0.4, -0.2) is 64.9 Å². The number of rotatable bonds is 6. The lowest BCUT2D eigenvalue weighted by Gasteiger charge is -2.18. The second-order valence-electron chi connectivity index (χ2n) is 3.92. The molecule has 0 aromatic rings. The van der Waals surface area contributed by atoms with Crippen LogP contribution in [0.5, 0.6) is 0 Å². The summed E-state index contributed by atoms with van der Waals surface area (Å²) in [6.45, 7) is 0.656. The van der Waals surface area contributed by atoms with Gasteiger partial charge in [0.1, 0.15) is 20.1 Å². The summed E-state index contributed by atoms with van der Waals surface area (Å²) < 4.78 is 35.9. The van der Waals surface area contributed by atoms with Crippen molar-refractivity contribution >= 4 is 23.3 Å².